The van der Waals surface area contributed by atoms with Crippen molar-refractivity contribution in [3.63, 3.8) is 0 Å². The van der Waals surface area contributed by atoms with Crippen molar-refractivity contribution in [2.75, 3.05) is 19.7 Å². The molecule has 0 aliphatic heterocycles. The predicted molar refractivity (Wildman–Crippen MR) is 63.3 cm³/mol. The van der Waals surface area contributed by atoms with E-state index in [1.165, 1.54) is 4.31 Å². The molecule has 16 heavy (non-hydrogen) atoms. The quantitative estimate of drug-likeness (QED) is 0.658. The largest absolute Gasteiger partial charge is 0.396 e. The molecular formula is C10H22N2O3S. The summed E-state index contributed by atoms with van der Waals surface area (Å²) in [4.78, 5) is 0. The maximum atomic E-state index is 12.0. The first-order valence-corrected chi connectivity index (χ1v) is 7.43. The molecule has 5 nitrogen and oxygen atoms in total. The molecule has 0 amide bonds. The molecule has 0 atom stereocenters. The first kappa shape index (κ1) is 13.9. The highest BCUT2D eigenvalue weighted by atomic mass is 32.2. The fourth-order valence-corrected chi connectivity index (χ4v) is 3.31. The number of rotatable bonds is 8. The number of nitrogens with one attached hydrogen (secondary N) is 1. The van der Waals surface area contributed by atoms with E-state index in [1.54, 1.807) is 0 Å². The second-order valence-electron chi connectivity index (χ2n) is 4.17. The van der Waals surface area contributed by atoms with Crippen molar-refractivity contribution >= 4 is 10.2 Å². The molecule has 1 aliphatic carbocycles. The first-order chi connectivity index (χ1) is 7.61. The van der Waals surface area contributed by atoms with Gasteiger partial charge in [0.25, 0.3) is 10.2 Å². The Bertz CT molecular complexity index is 288. The Morgan fingerprint density at radius 3 is 2.56 bits per heavy atom. The lowest BCUT2D eigenvalue weighted by atomic mass is 9.93. The summed E-state index contributed by atoms with van der Waals surface area (Å²) in [7, 11) is -3.34. The highest BCUT2D eigenvalue weighted by Gasteiger charge is 2.32. The molecule has 1 saturated carbocycles. The summed E-state index contributed by atoms with van der Waals surface area (Å²) >= 11 is 0. The highest BCUT2D eigenvalue weighted by molar-refractivity contribution is 7.87. The molecule has 0 radical (unpaired) electrons. The zero-order valence-electron chi connectivity index (χ0n) is 9.85. The molecule has 1 rings (SSSR count). The highest BCUT2D eigenvalue weighted by Crippen LogP contribution is 2.26. The Morgan fingerprint density at radius 2 is 2.12 bits per heavy atom. The molecule has 1 aliphatic rings. The average Bonchev–Trinajstić information content (AvgIpc) is 2.18. The first-order valence-electron chi connectivity index (χ1n) is 5.99. The minimum Gasteiger partial charge on any atom is -0.396 e. The maximum Gasteiger partial charge on any atom is 0.279 e. The lowest BCUT2D eigenvalue weighted by molar-refractivity contribution is 0.196. The van der Waals surface area contributed by atoms with Gasteiger partial charge in [0.2, 0.25) is 0 Å². The molecule has 96 valence electrons. The van der Waals surface area contributed by atoms with Crippen molar-refractivity contribution in [2.24, 2.45) is 0 Å². The van der Waals surface area contributed by atoms with Gasteiger partial charge in [0.15, 0.2) is 0 Å². The van der Waals surface area contributed by atoms with Crippen molar-refractivity contribution in [3.8, 4) is 0 Å². The molecule has 0 spiro atoms. The van der Waals surface area contributed by atoms with Crippen LogP contribution >= 0.6 is 0 Å². The number of nitrogens with zero attached hydrogens (tertiary/aromatic N) is 1. The number of aliphatic hydroxyl groups is 1. The summed E-state index contributed by atoms with van der Waals surface area (Å²) in [5.41, 5.74) is 0. The third-order valence-corrected chi connectivity index (χ3v) is 4.53. The Hall–Kier alpha value is -0.170. The van der Waals surface area contributed by atoms with E-state index >= 15 is 0 Å². The van der Waals surface area contributed by atoms with Crippen molar-refractivity contribution in [2.45, 2.75) is 45.1 Å². The van der Waals surface area contributed by atoms with Gasteiger partial charge in [-0.15, -0.1) is 0 Å². The predicted octanol–water partition coefficient (Wildman–Crippen LogP) is 0.468. The van der Waals surface area contributed by atoms with Gasteiger partial charge in [0.1, 0.15) is 0 Å². The lowest BCUT2D eigenvalue weighted by Crippen LogP contribution is -2.49. The van der Waals surface area contributed by atoms with E-state index in [9.17, 15) is 8.42 Å². The van der Waals surface area contributed by atoms with E-state index in [-0.39, 0.29) is 12.6 Å². The normalized spacial score (nSPS) is 17.7. The van der Waals surface area contributed by atoms with Crippen molar-refractivity contribution in [1.82, 2.24) is 9.03 Å². The molecule has 0 unspecified atom stereocenters. The van der Waals surface area contributed by atoms with Gasteiger partial charge in [0, 0.05) is 25.7 Å². The standard InChI is InChI=1S/C10H22N2O3S/c1-2-7-11-16(14,15)12(8-4-9-13)10-5-3-6-10/h10-11,13H,2-9H2,1H3. The topological polar surface area (TPSA) is 69.6 Å². The fraction of sp³-hybridized carbons (Fsp3) is 1.00. The summed E-state index contributed by atoms with van der Waals surface area (Å²) in [5.74, 6) is 0. The molecule has 0 aromatic carbocycles. The van der Waals surface area contributed by atoms with Gasteiger partial charge in [-0.2, -0.15) is 12.7 Å². The Labute approximate surface area is 98.0 Å². The summed E-state index contributed by atoms with van der Waals surface area (Å²) in [6, 6.07) is 0.140. The molecule has 2 N–H and O–H groups in total. The van der Waals surface area contributed by atoms with Gasteiger partial charge in [0.05, 0.1) is 0 Å². The van der Waals surface area contributed by atoms with E-state index in [0.29, 0.717) is 19.5 Å². The second-order valence-corrected chi connectivity index (χ2v) is 5.88. The van der Waals surface area contributed by atoms with Crippen LogP contribution in [0.3, 0.4) is 0 Å². The smallest absolute Gasteiger partial charge is 0.279 e. The van der Waals surface area contributed by atoms with E-state index in [4.69, 9.17) is 5.11 Å². The van der Waals surface area contributed by atoms with Crippen LogP contribution in [0.1, 0.15) is 39.0 Å². The molecule has 1 fully saturated rings. The third-order valence-electron chi connectivity index (χ3n) is 2.86. The van der Waals surface area contributed by atoms with Crippen LogP contribution in [0.2, 0.25) is 0 Å². The molecule has 0 aromatic rings. The van der Waals surface area contributed by atoms with Crippen LogP contribution in [0.5, 0.6) is 0 Å². The summed E-state index contributed by atoms with van der Waals surface area (Å²) in [6.45, 7) is 2.86. The average molecular weight is 250 g/mol. The van der Waals surface area contributed by atoms with Crippen molar-refractivity contribution in [1.29, 1.82) is 0 Å². The Morgan fingerprint density at radius 1 is 1.44 bits per heavy atom. The van der Waals surface area contributed by atoms with E-state index in [1.807, 2.05) is 6.92 Å². The van der Waals surface area contributed by atoms with Gasteiger partial charge in [-0.1, -0.05) is 13.3 Å². The Kier molecular flexibility index (Phi) is 5.68. The molecular weight excluding hydrogens is 228 g/mol. The molecule has 0 heterocycles. The van der Waals surface area contributed by atoms with Crippen LogP contribution in [-0.4, -0.2) is 43.6 Å². The molecule has 0 bridgehead atoms. The second kappa shape index (κ2) is 6.54. The minimum absolute atomic E-state index is 0.0342. The summed E-state index contributed by atoms with van der Waals surface area (Å²) < 4.78 is 28.0. The zero-order valence-corrected chi connectivity index (χ0v) is 10.7. The monoisotopic (exact) mass is 250 g/mol. The number of hydrogen-bond acceptors (Lipinski definition) is 3. The summed E-state index contributed by atoms with van der Waals surface area (Å²) in [5, 5.41) is 8.79. The number of aliphatic hydroxyl groups excluding tert-OH is 1. The van der Waals surface area contributed by atoms with Crippen LogP contribution in [0.25, 0.3) is 0 Å². The van der Waals surface area contributed by atoms with Gasteiger partial charge < -0.3 is 5.11 Å². The van der Waals surface area contributed by atoms with Gasteiger partial charge >= 0.3 is 0 Å². The summed E-state index contributed by atoms with van der Waals surface area (Å²) in [6.07, 6.45) is 4.28. The minimum atomic E-state index is -3.34. The van der Waals surface area contributed by atoms with E-state index in [2.05, 4.69) is 4.72 Å². The maximum absolute atomic E-state index is 12.0. The number of hydrogen-bond donors (Lipinski definition) is 2. The lowest BCUT2D eigenvalue weighted by Gasteiger charge is -2.36. The van der Waals surface area contributed by atoms with Gasteiger partial charge in [-0.05, 0) is 25.7 Å². The van der Waals surface area contributed by atoms with Gasteiger partial charge in [-0.3, -0.25) is 0 Å². The van der Waals surface area contributed by atoms with Crippen LogP contribution < -0.4 is 4.72 Å². The fourth-order valence-electron chi connectivity index (χ4n) is 1.71. The molecule has 6 heteroatoms. The van der Waals surface area contributed by atoms with Crippen molar-refractivity contribution in [3.05, 3.63) is 0 Å². The third kappa shape index (κ3) is 3.69. The van der Waals surface area contributed by atoms with Crippen LogP contribution in [0.15, 0.2) is 0 Å². The van der Waals surface area contributed by atoms with Crippen molar-refractivity contribution < 1.29 is 13.5 Å². The zero-order chi connectivity index (χ0) is 12.0. The molecule has 0 saturated heterocycles. The van der Waals surface area contributed by atoms with Crippen LogP contribution in [0, 0.1) is 0 Å². The SMILES string of the molecule is CCCNS(=O)(=O)N(CCCO)C1CCC1. The van der Waals surface area contributed by atoms with Crippen LogP contribution in [0.4, 0.5) is 0 Å². The van der Waals surface area contributed by atoms with E-state index in [0.717, 1.165) is 25.7 Å². The molecule has 0 aromatic heterocycles. The Balaban J connectivity index is 2.58. The van der Waals surface area contributed by atoms with Gasteiger partial charge in [-0.25, -0.2) is 4.72 Å². The van der Waals surface area contributed by atoms with Crippen LogP contribution in [-0.2, 0) is 10.2 Å². The van der Waals surface area contributed by atoms with E-state index < -0.39 is 10.2 Å².